The number of halogens is 1. The lowest BCUT2D eigenvalue weighted by molar-refractivity contribution is 0.495. The van der Waals surface area contributed by atoms with Crippen LogP contribution in [0.3, 0.4) is 0 Å². The fourth-order valence-electron chi connectivity index (χ4n) is 1.87. The SMILES string of the molecule is CCCCC(NCC)c1ccc(C)c(Cl)c1. The zero-order valence-electron chi connectivity index (χ0n) is 10.5. The van der Waals surface area contributed by atoms with Crippen LogP contribution in [0.25, 0.3) is 0 Å². The van der Waals surface area contributed by atoms with Crippen LogP contribution in [0.4, 0.5) is 0 Å². The summed E-state index contributed by atoms with van der Waals surface area (Å²) in [7, 11) is 0. The molecular formula is C14H22ClN. The molecule has 1 N–H and O–H groups in total. The second kappa shape index (κ2) is 6.93. The maximum atomic E-state index is 6.16. The molecule has 0 bridgehead atoms. The van der Waals surface area contributed by atoms with Crippen molar-refractivity contribution in [1.82, 2.24) is 5.32 Å². The Morgan fingerprint density at radius 1 is 1.31 bits per heavy atom. The van der Waals surface area contributed by atoms with E-state index in [0.717, 1.165) is 17.1 Å². The minimum atomic E-state index is 0.447. The van der Waals surface area contributed by atoms with E-state index in [2.05, 4.69) is 37.4 Å². The van der Waals surface area contributed by atoms with Crippen LogP contribution in [0, 0.1) is 6.92 Å². The minimum Gasteiger partial charge on any atom is -0.310 e. The molecule has 0 aliphatic carbocycles. The summed E-state index contributed by atoms with van der Waals surface area (Å²) in [4.78, 5) is 0. The fourth-order valence-corrected chi connectivity index (χ4v) is 2.06. The normalized spacial score (nSPS) is 12.8. The minimum absolute atomic E-state index is 0.447. The molecule has 2 heteroatoms. The highest BCUT2D eigenvalue weighted by atomic mass is 35.5. The van der Waals surface area contributed by atoms with E-state index in [-0.39, 0.29) is 0 Å². The quantitative estimate of drug-likeness (QED) is 0.771. The van der Waals surface area contributed by atoms with E-state index in [1.54, 1.807) is 0 Å². The Bertz CT molecular complexity index is 323. The van der Waals surface area contributed by atoms with Gasteiger partial charge in [0.2, 0.25) is 0 Å². The zero-order valence-corrected chi connectivity index (χ0v) is 11.3. The lowest BCUT2D eigenvalue weighted by Gasteiger charge is -2.18. The van der Waals surface area contributed by atoms with Crippen molar-refractivity contribution in [2.75, 3.05) is 6.54 Å². The third-order valence-corrected chi connectivity index (χ3v) is 3.30. The summed E-state index contributed by atoms with van der Waals surface area (Å²) in [6.45, 7) is 7.42. The molecule has 0 aromatic heterocycles. The molecule has 1 rings (SSSR count). The standard InChI is InChI=1S/C14H22ClN/c1-4-6-7-14(16-5-2)12-9-8-11(3)13(15)10-12/h8-10,14,16H,4-7H2,1-3H3. The van der Waals surface area contributed by atoms with Crippen molar-refractivity contribution in [3.8, 4) is 0 Å². The predicted octanol–water partition coefficient (Wildman–Crippen LogP) is 4.49. The summed E-state index contributed by atoms with van der Waals surface area (Å²) in [6.07, 6.45) is 3.67. The third-order valence-electron chi connectivity index (χ3n) is 2.90. The van der Waals surface area contributed by atoms with Crippen molar-refractivity contribution < 1.29 is 0 Å². The van der Waals surface area contributed by atoms with Crippen LogP contribution in [-0.2, 0) is 0 Å². The van der Waals surface area contributed by atoms with Crippen molar-refractivity contribution in [1.29, 1.82) is 0 Å². The Kier molecular flexibility index (Phi) is 5.86. The summed E-state index contributed by atoms with van der Waals surface area (Å²) in [5, 5.41) is 4.39. The van der Waals surface area contributed by atoms with Gasteiger partial charge >= 0.3 is 0 Å². The topological polar surface area (TPSA) is 12.0 Å². The first-order chi connectivity index (χ1) is 7.69. The van der Waals surface area contributed by atoms with E-state index in [9.17, 15) is 0 Å². The number of nitrogens with one attached hydrogen (secondary N) is 1. The molecule has 1 atom stereocenters. The van der Waals surface area contributed by atoms with Gasteiger partial charge in [0.1, 0.15) is 0 Å². The Morgan fingerprint density at radius 2 is 2.06 bits per heavy atom. The molecule has 0 saturated heterocycles. The van der Waals surface area contributed by atoms with Crippen molar-refractivity contribution in [3.63, 3.8) is 0 Å². The molecule has 0 saturated carbocycles. The molecule has 1 nitrogen and oxygen atoms in total. The monoisotopic (exact) mass is 239 g/mol. The molecule has 1 unspecified atom stereocenters. The van der Waals surface area contributed by atoms with E-state index in [1.165, 1.54) is 24.8 Å². The van der Waals surface area contributed by atoms with Crippen molar-refractivity contribution >= 4 is 11.6 Å². The second-order valence-electron chi connectivity index (χ2n) is 4.26. The maximum Gasteiger partial charge on any atom is 0.0438 e. The molecule has 0 heterocycles. The highest BCUT2D eigenvalue weighted by Gasteiger charge is 2.10. The van der Waals surface area contributed by atoms with Gasteiger partial charge in [0.15, 0.2) is 0 Å². The Balaban J connectivity index is 2.78. The van der Waals surface area contributed by atoms with Gasteiger partial charge in [-0.25, -0.2) is 0 Å². The summed E-state index contributed by atoms with van der Waals surface area (Å²) >= 11 is 6.16. The van der Waals surface area contributed by atoms with Crippen LogP contribution in [0.15, 0.2) is 18.2 Å². The van der Waals surface area contributed by atoms with Crippen LogP contribution in [0.1, 0.15) is 50.3 Å². The molecule has 0 spiro atoms. The maximum absolute atomic E-state index is 6.16. The lowest BCUT2D eigenvalue weighted by atomic mass is 10.00. The van der Waals surface area contributed by atoms with Crippen molar-refractivity contribution in [2.24, 2.45) is 0 Å². The molecule has 16 heavy (non-hydrogen) atoms. The average Bonchev–Trinajstić information content (AvgIpc) is 2.28. The Labute approximate surface area is 104 Å². The summed E-state index contributed by atoms with van der Waals surface area (Å²) < 4.78 is 0. The van der Waals surface area contributed by atoms with Crippen molar-refractivity contribution in [2.45, 2.75) is 46.1 Å². The van der Waals surface area contributed by atoms with Gasteiger partial charge < -0.3 is 5.32 Å². The number of unbranched alkanes of at least 4 members (excludes halogenated alkanes) is 1. The first kappa shape index (κ1) is 13.5. The highest BCUT2D eigenvalue weighted by molar-refractivity contribution is 6.31. The molecular weight excluding hydrogens is 218 g/mol. The number of benzene rings is 1. The molecule has 0 fully saturated rings. The van der Waals surface area contributed by atoms with Gasteiger partial charge in [0.05, 0.1) is 0 Å². The van der Waals surface area contributed by atoms with Crippen molar-refractivity contribution in [3.05, 3.63) is 34.3 Å². The molecule has 0 radical (unpaired) electrons. The predicted molar refractivity (Wildman–Crippen MR) is 72.1 cm³/mol. The van der Waals surface area contributed by atoms with E-state index in [0.29, 0.717) is 6.04 Å². The number of rotatable bonds is 6. The molecule has 0 amide bonds. The van der Waals surface area contributed by atoms with Crippen LogP contribution in [0.2, 0.25) is 5.02 Å². The zero-order chi connectivity index (χ0) is 12.0. The van der Waals surface area contributed by atoms with Gasteiger partial charge in [-0.05, 0) is 37.1 Å². The van der Waals surface area contributed by atoms with Gasteiger partial charge in [-0.2, -0.15) is 0 Å². The summed E-state index contributed by atoms with van der Waals surface area (Å²) in [5.74, 6) is 0. The largest absolute Gasteiger partial charge is 0.310 e. The van der Waals surface area contributed by atoms with Gasteiger partial charge in [-0.3, -0.25) is 0 Å². The van der Waals surface area contributed by atoms with E-state index in [1.807, 2.05) is 6.92 Å². The Hall–Kier alpha value is -0.530. The molecule has 90 valence electrons. The third kappa shape index (κ3) is 3.80. The van der Waals surface area contributed by atoms with E-state index in [4.69, 9.17) is 11.6 Å². The summed E-state index contributed by atoms with van der Waals surface area (Å²) in [6, 6.07) is 6.83. The van der Waals surface area contributed by atoms with Crippen LogP contribution in [0.5, 0.6) is 0 Å². The lowest BCUT2D eigenvalue weighted by Crippen LogP contribution is -2.20. The molecule has 1 aromatic carbocycles. The smallest absolute Gasteiger partial charge is 0.0438 e. The number of hydrogen-bond donors (Lipinski definition) is 1. The average molecular weight is 240 g/mol. The van der Waals surface area contributed by atoms with E-state index >= 15 is 0 Å². The van der Waals surface area contributed by atoms with Gasteiger partial charge in [0.25, 0.3) is 0 Å². The Morgan fingerprint density at radius 3 is 2.62 bits per heavy atom. The molecule has 0 aliphatic heterocycles. The van der Waals surface area contributed by atoms with E-state index < -0.39 is 0 Å². The first-order valence-corrected chi connectivity index (χ1v) is 6.56. The highest BCUT2D eigenvalue weighted by Crippen LogP contribution is 2.24. The van der Waals surface area contributed by atoms with Crippen LogP contribution >= 0.6 is 11.6 Å². The van der Waals surface area contributed by atoms with Crippen LogP contribution < -0.4 is 5.32 Å². The van der Waals surface area contributed by atoms with Gasteiger partial charge in [-0.15, -0.1) is 0 Å². The number of aryl methyl sites for hydroxylation is 1. The number of hydrogen-bond acceptors (Lipinski definition) is 1. The van der Waals surface area contributed by atoms with Crippen LogP contribution in [-0.4, -0.2) is 6.54 Å². The second-order valence-corrected chi connectivity index (χ2v) is 4.67. The molecule has 1 aromatic rings. The molecule has 0 aliphatic rings. The van der Waals surface area contributed by atoms with Gasteiger partial charge in [0, 0.05) is 11.1 Å². The van der Waals surface area contributed by atoms with Gasteiger partial charge in [-0.1, -0.05) is 50.4 Å². The fraction of sp³-hybridized carbons (Fsp3) is 0.571. The first-order valence-electron chi connectivity index (χ1n) is 6.18. The summed E-state index contributed by atoms with van der Waals surface area (Å²) in [5.41, 5.74) is 2.46.